The van der Waals surface area contributed by atoms with E-state index in [1.54, 1.807) is 17.0 Å². The summed E-state index contributed by atoms with van der Waals surface area (Å²) in [5.74, 6) is -0.477. The lowest BCUT2D eigenvalue weighted by Gasteiger charge is -2.21. The van der Waals surface area contributed by atoms with Crippen molar-refractivity contribution in [3.8, 4) is 0 Å². The van der Waals surface area contributed by atoms with Crippen molar-refractivity contribution >= 4 is 17.5 Å². The summed E-state index contributed by atoms with van der Waals surface area (Å²) in [6.07, 6.45) is 1.81. The van der Waals surface area contributed by atoms with Crippen molar-refractivity contribution in [3.63, 3.8) is 0 Å². The Balaban J connectivity index is 1.81. The van der Waals surface area contributed by atoms with Crippen LogP contribution in [-0.4, -0.2) is 29.8 Å². The predicted molar refractivity (Wildman–Crippen MR) is 101 cm³/mol. The minimum Gasteiger partial charge on any atom is -0.342 e. The number of nitrogens with zero attached hydrogens (tertiary/aromatic N) is 1. The standard InChI is InChI=1S/C21H25FN2O2/c1-3-17-6-10-20(11-7-17)23-21(26)13-15-24(16(2)25)14-12-18-4-8-19(22)9-5-18/h4-11H,3,12-15H2,1-2H3,(H,23,26). The lowest BCUT2D eigenvalue weighted by Crippen LogP contribution is -2.33. The van der Waals surface area contributed by atoms with Crippen LogP contribution in [0.25, 0.3) is 0 Å². The van der Waals surface area contributed by atoms with E-state index in [-0.39, 0.29) is 24.1 Å². The molecule has 0 heterocycles. The van der Waals surface area contributed by atoms with E-state index in [0.29, 0.717) is 19.5 Å². The fourth-order valence-electron chi connectivity index (χ4n) is 2.63. The molecule has 0 spiro atoms. The topological polar surface area (TPSA) is 49.4 Å². The van der Waals surface area contributed by atoms with Crippen molar-refractivity contribution in [1.82, 2.24) is 4.90 Å². The number of hydrogen-bond donors (Lipinski definition) is 1. The molecule has 26 heavy (non-hydrogen) atoms. The highest BCUT2D eigenvalue weighted by Crippen LogP contribution is 2.11. The second-order valence-electron chi connectivity index (χ2n) is 6.23. The minimum absolute atomic E-state index is 0.0767. The van der Waals surface area contributed by atoms with Gasteiger partial charge in [0.2, 0.25) is 11.8 Å². The van der Waals surface area contributed by atoms with Gasteiger partial charge in [-0.3, -0.25) is 9.59 Å². The number of anilines is 1. The van der Waals surface area contributed by atoms with Gasteiger partial charge in [0.25, 0.3) is 0 Å². The number of carbonyl (C=O) groups excluding carboxylic acids is 2. The van der Waals surface area contributed by atoms with Crippen molar-refractivity contribution in [1.29, 1.82) is 0 Å². The zero-order valence-electron chi connectivity index (χ0n) is 15.3. The summed E-state index contributed by atoms with van der Waals surface area (Å²) in [7, 11) is 0. The van der Waals surface area contributed by atoms with E-state index in [0.717, 1.165) is 17.7 Å². The fourth-order valence-corrected chi connectivity index (χ4v) is 2.63. The van der Waals surface area contributed by atoms with Gasteiger partial charge in [-0.15, -0.1) is 0 Å². The first-order valence-corrected chi connectivity index (χ1v) is 8.86. The normalized spacial score (nSPS) is 10.4. The van der Waals surface area contributed by atoms with E-state index < -0.39 is 0 Å². The Morgan fingerprint density at radius 2 is 1.58 bits per heavy atom. The first kappa shape index (κ1) is 19.6. The van der Waals surface area contributed by atoms with Gasteiger partial charge in [-0.1, -0.05) is 31.2 Å². The summed E-state index contributed by atoms with van der Waals surface area (Å²) in [6.45, 7) is 4.43. The molecule has 2 aromatic carbocycles. The number of halogens is 1. The Morgan fingerprint density at radius 1 is 0.962 bits per heavy atom. The van der Waals surface area contributed by atoms with Crippen LogP contribution in [0.5, 0.6) is 0 Å². The van der Waals surface area contributed by atoms with Crippen molar-refractivity contribution in [2.45, 2.75) is 33.1 Å². The highest BCUT2D eigenvalue weighted by Gasteiger charge is 2.11. The maximum Gasteiger partial charge on any atom is 0.226 e. The summed E-state index contributed by atoms with van der Waals surface area (Å²) in [5, 5.41) is 2.85. The Kier molecular flexibility index (Phi) is 7.33. The molecule has 2 amide bonds. The van der Waals surface area contributed by atoms with Crippen LogP contribution in [0.15, 0.2) is 48.5 Å². The molecule has 4 nitrogen and oxygen atoms in total. The Morgan fingerprint density at radius 3 is 2.15 bits per heavy atom. The van der Waals surface area contributed by atoms with Crippen molar-refractivity contribution < 1.29 is 14.0 Å². The summed E-state index contributed by atoms with van der Waals surface area (Å²) < 4.78 is 12.9. The minimum atomic E-state index is -0.277. The van der Waals surface area contributed by atoms with Crippen molar-refractivity contribution in [2.75, 3.05) is 18.4 Å². The first-order valence-electron chi connectivity index (χ1n) is 8.86. The molecular formula is C21H25FN2O2. The number of aryl methyl sites for hydroxylation is 1. The number of nitrogens with one attached hydrogen (secondary N) is 1. The molecule has 0 radical (unpaired) electrons. The second-order valence-corrected chi connectivity index (χ2v) is 6.23. The maximum atomic E-state index is 12.9. The van der Waals surface area contributed by atoms with Crippen LogP contribution in [-0.2, 0) is 22.4 Å². The third-order valence-electron chi connectivity index (χ3n) is 4.28. The average Bonchev–Trinajstić information content (AvgIpc) is 2.63. The summed E-state index contributed by atoms with van der Waals surface area (Å²) in [5.41, 5.74) is 2.93. The molecule has 0 fully saturated rings. The third kappa shape index (κ3) is 6.31. The number of rotatable bonds is 8. The molecule has 0 aromatic heterocycles. The van der Waals surface area contributed by atoms with Crippen molar-refractivity contribution in [3.05, 3.63) is 65.5 Å². The quantitative estimate of drug-likeness (QED) is 0.782. The Hall–Kier alpha value is -2.69. The number of benzene rings is 2. The SMILES string of the molecule is CCc1ccc(NC(=O)CCN(CCc2ccc(F)cc2)C(C)=O)cc1. The van der Waals surface area contributed by atoms with Gasteiger partial charge < -0.3 is 10.2 Å². The molecule has 1 N–H and O–H groups in total. The van der Waals surface area contributed by atoms with E-state index in [1.807, 2.05) is 24.3 Å². The van der Waals surface area contributed by atoms with E-state index in [9.17, 15) is 14.0 Å². The smallest absolute Gasteiger partial charge is 0.226 e. The van der Waals surface area contributed by atoms with E-state index in [4.69, 9.17) is 0 Å². The molecule has 0 aliphatic heterocycles. The van der Waals surface area contributed by atoms with Crippen LogP contribution in [0.4, 0.5) is 10.1 Å². The van der Waals surface area contributed by atoms with Gasteiger partial charge in [0.05, 0.1) is 0 Å². The fraction of sp³-hybridized carbons (Fsp3) is 0.333. The van der Waals surface area contributed by atoms with Crippen LogP contribution < -0.4 is 5.32 Å². The van der Waals surface area contributed by atoms with Gasteiger partial charge in [0.15, 0.2) is 0 Å². The van der Waals surface area contributed by atoms with Crippen LogP contribution >= 0.6 is 0 Å². The van der Waals surface area contributed by atoms with E-state index >= 15 is 0 Å². The van der Waals surface area contributed by atoms with Crippen LogP contribution in [0.2, 0.25) is 0 Å². The number of carbonyl (C=O) groups is 2. The zero-order chi connectivity index (χ0) is 18.9. The van der Waals surface area contributed by atoms with Gasteiger partial charge in [-0.25, -0.2) is 4.39 Å². The number of amides is 2. The van der Waals surface area contributed by atoms with E-state index in [1.165, 1.54) is 24.6 Å². The first-order chi connectivity index (χ1) is 12.5. The molecule has 0 bridgehead atoms. The monoisotopic (exact) mass is 356 g/mol. The molecule has 5 heteroatoms. The van der Waals surface area contributed by atoms with Gasteiger partial charge in [-0.2, -0.15) is 0 Å². The maximum absolute atomic E-state index is 12.9. The lowest BCUT2D eigenvalue weighted by atomic mass is 10.1. The highest BCUT2D eigenvalue weighted by molar-refractivity contribution is 5.91. The summed E-state index contributed by atoms with van der Waals surface area (Å²) in [6, 6.07) is 14.0. The lowest BCUT2D eigenvalue weighted by molar-refractivity contribution is -0.129. The number of hydrogen-bond acceptors (Lipinski definition) is 2. The van der Waals surface area contributed by atoms with Gasteiger partial charge in [0.1, 0.15) is 5.82 Å². The van der Waals surface area contributed by atoms with Crippen LogP contribution in [0.1, 0.15) is 31.4 Å². The molecule has 0 unspecified atom stereocenters. The van der Waals surface area contributed by atoms with Crippen LogP contribution in [0, 0.1) is 5.82 Å². The molecule has 0 atom stereocenters. The summed E-state index contributed by atoms with van der Waals surface area (Å²) in [4.78, 5) is 25.6. The molecule has 0 saturated carbocycles. The Labute approximate surface area is 154 Å². The average molecular weight is 356 g/mol. The highest BCUT2D eigenvalue weighted by atomic mass is 19.1. The zero-order valence-corrected chi connectivity index (χ0v) is 15.3. The van der Waals surface area contributed by atoms with E-state index in [2.05, 4.69) is 12.2 Å². The molecule has 2 rings (SSSR count). The second kappa shape index (κ2) is 9.70. The predicted octanol–water partition coefficient (Wildman–Crippen LogP) is 3.81. The molecule has 0 aliphatic rings. The molecule has 0 saturated heterocycles. The molecule has 0 aliphatic carbocycles. The van der Waals surface area contributed by atoms with Crippen molar-refractivity contribution in [2.24, 2.45) is 0 Å². The van der Waals surface area contributed by atoms with Gasteiger partial charge >= 0.3 is 0 Å². The van der Waals surface area contributed by atoms with Crippen LogP contribution in [0.3, 0.4) is 0 Å². The molecule has 138 valence electrons. The van der Waals surface area contributed by atoms with Gasteiger partial charge in [0, 0.05) is 32.1 Å². The Bertz CT molecular complexity index is 727. The van der Waals surface area contributed by atoms with Gasteiger partial charge in [-0.05, 0) is 48.2 Å². The summed E-state index contributed by atoms with van der Waals surface area (Å²) >= 11 is 0. The largest absolute Gasteiger partial charge is 0.342 e. The molecule has 2 aromatic rings. The molecular weight excluding hydrogens is 331 g/mol. The third-order valence-corrected chi connectivity index (χ3v) is 4.28.